The van der Waals surface area contributed by atoms with Crippen molar-refractivity contribution in [2.24, 2.45) is 5.92 Å². The van der Waals surface area contributed by atoms with E-state index in [0.29, 0.717) is 17.4 Å². The van der Waals surface area contributed by atoms with Crippen LogP contribution >= 0.6 is 7.82 Å². The van der Waals surface area contributed by atoms with Crippen LogP contribution in [0.3, 0.4) is 0 Å². The molecule has 0 bridgehead atoms. The highest BCUT2D eigenvalue weighted by Crippen LogP contribution is 2.38. The van der Waals surface area contributed by atoms with Gasteiger partial charge in [0, 0.05) is 6.42 Å². The Bertz CT molecular complexity index is 777. The standard InChI is InChI=1S/C29H55F3NO8P/c1-6-7-8-9-10-11-12-13-14-15-16-17-18-19-27(34)41-26(23-38-28(35)22-25(2)29(30,31)32)24-40-42(36,37)39-21-20-33(3,4)5/h25-26H,6-24H2,1-5H3/t25?,26-/m1/s1. The molecule has 0 aromatic heterocycles. The molecule has 0 radical (unpaired) electrons. The summed E-state index contributed by atoms with van der Waals surface area (Å²) in [5.41, 5.74) is 0. The van der Waals surface area contributed by atoms with Crippen LogP contribution in [0.1, 0.15) is 110 Å². The third-order valence-electron chi connectivity index (χ3n) is 6.67. The molecule has 0 aromatic rings. The summed E-state index contributed by atoms with van der Waals surface area (Å²) in [6.45, 7) is 1.95. The molecule has 13 heteroatoms. The number of quaternary nitrogens is 1. The van der Waals surface area contributed by atoms with Crippen LogP contribution in [0.5, 0.6) is 0 Å². The van der Waals surface area contributed by atoms with Crippen molar-refractivity contribution in [3.63, 3.8) is 0 Å². The van der Waals surface area contributed by atoms with Crippen LogP contribution in [0.2, 0.25) is 0 Å². The van der Waals surface area contributed by atoms with Crippen LogP contribution in [0, 0.1) is 5.92 Å². The Hall–Kier alpha value is -1.20. The van der Waals surface area contributed by atoms with Gasteiger partial charge in [-0.25, -0.2) is 0 Å². The average Bonchev–Trinajstić information content (AvgIpc) is 2.87. The van der Waals surface area contributed by atoms with E-state index >= 15 is 0 Å². The monoisotopic (exact) mass is 633 g/mol. The van der Waals surface area contributed by atoms with E-state index in [9.17, 15) is 32.2 Å². The number of carbonyl (C=O) groups is 2. The molecule has 0 aliphatic heterocycles. The Morgan fingerprint density at radius 1 is 0.810 bits per heavy atom. The quantitative estimate of drug-likeness (QED) is 0.0447. The molecule has 0 aliphatic carbocycles. The van der Waals surface area contributed by atoms with E-state index < -0.39 is 57.6 Å². The molecule has 0 rings (SSSR count). The largest absolute Gasteiger partial charge is 0.756 e. The van der Waals surface area contributed by atoms with Crippen molar-refractivity contribution >= 4 is 19.8 Å². The average molecular weight is 634 g/mol. The van der Waals surface area contributed by atoms with Crippen molar-refractivity contribution in [2.75, 3.05) is 47.5 Å². The van der Waals surface area contributed by atoms with Gasteiger partial charge in [0.05, 0.1) is 40.1 Å². The van der Waals surface area contributed by atoms with Crippen molar-refractivity contribution in [3.8, 4) is 0 Å². The molecule has 3 atom stereocenters. The van der Waals surface area contributed by atoms with Crippen molar-refractivity contribution in [1.29, 1.82) is 0 Å². The lowest BCUT2D eigenvalue weighted by Crippen LogP contribution is -2.37. The van der Waals surface area contributed by atoms with E-state index in [1.165, 1.54) is 51.4 Å². The first-order chi connectivity index (χ1) is 19.6. The summed E-state index contributed by atoms with van der Waals surface area (Å²) in [4.78, 5) is 36.4. The fraction of sp³-hybridized carbons (Fsp3) is 0.931. The van der Waals surface area contributed by atoms with Gasteiger partial charge in [-0.1, -0.05) is 90.9 Å². The van der Waals surface area contributed by atoms with Crippen LogP contribution in [-0.4, -0.2) is 76.2 Å². The van der Waals surface area contributed by atoms with Crippen LogP contribution in [0.4, 0.5) is 13.2 Å². The van der Waals surface area contributed by atoms with E-state index in [1.807, 2.05) is 21.1 Å². The second-order valence-electron chi connectivity index (χ2n) is 12.0. The summed E-state index contributed by atoms with van der Waals surface area (Å²) in [6.07, 6.45) is 8.13. The highest BCUT2D eigenvalue weighted by molar-refractivity contribution is 7.45. The van der Waals surface area contributed by atoms with Crippen LogP contribution < -0.4 is 4.89 Å². The number of hydrogen-bond acceptors (Lipinski definition) is 8. The van der Waals surface area contributed by atoms with Crippen LogP contribution in [-0.2, 0) is 32.7 Å². The second-order valence-corrected chi connectivity index (χ2v) is 13.4. The highest BCUT2D eigenvalue weighted by atomic mass is 31.2. The van der Waals surface area contributed by atoms with Gasteiger partial charge in [-0.05, 0) is 6.42 Å². The van der Waals surface area contributed by atoms with Gasteiger partial charge in [-0.3, -0.25) is 14.2 Å². The fourth-order valence-corrected chi connectivity index (χ4v) is 4.63. The minimum Gasteiger partial charge on any atom is -0.756 e. The minimum absolute atomic E-state index is 0.0718. The normalized spacial score (nSPS) is 15.2. The summed E-state index contributed by atoms with van der Waals surface area (Å²) in [5, 5.41) is 0. The van der Waals surface area contributed by atoms with E-state index in [0.717, 1.165) is 32.6 Å². The molecule has 0 amide bonds. The number of halogens is 3. The van der Waals surface area contributed by atoms with E-state index in [-0.39, 0.29) is 13.0 Å². The number of ether oxygens (including phenoxy) is 2. The molecule has 0 saturated carbocycles. The highest BCUT2D eigenvalue weighted by Gasteiger charge is 2.37. The van der Waals surface area contributed by atoms with E-state index in [4.69, 9.17) is 18.5 Å². The van der Waals surface area contributed by atoms with Gasteiger partial charge < -0.3 is 27.9 Å². The summed E-state index contributed by atoms with van der Waals surface area (Å²) < 4.78 is 70.5. The lowest BCUT2D eigenvalue weighted by molar-refractivity contribution is -0.870. The fourth-order valence-electron chi connectivity index (χ4n) is 3.90. The maximum absolute atomic E-state index is 12.7. The number of likely N-dealkylation sites (N-methyl/N-ethyl adjacent to an activating group) is 1. The summed E-state index contributed by atoms with van der Waals surface area (Å²) in [5.74, 6) is -3.71. The lowest BCUT2D eigenvalue weighted by atomic mass is 10.0. The maximum atomic E-state index is 12.7. The Morgan fingerprint density at radius 3 is 1.79 bits per heavy atom. The van der Waals surface area contributed by atoms with Crippen LogP contribution in [0.15, 0.2) is 0 Å². The number of unbranched alkanes of at least 4 members (excludes halogenated alkanes) is 12. The first-order valence-electron chi connectivity index (χ1n) is 15.4. The molecule has 0 fully saturated rings. The van der Waals surface area contributed by atoms with Gasteiger partial charge in [-0.2, -0.15) is 13.2 Å². The van der Waals surface area contributed by atoms with Gasteiger partial charge in [0.1, 0.15) is 19.8 Å². The van der Waals surface area contributed by atoms with Gasteiger partial charge >= 0.3 is 18.1 Å². The van der Waals surface area contributed by atoms with Gasteiger partial charge in [0.25, 0.3) is 7.82 Å². The number of phosphoric acid groups is 1. The molecule has 42 heavy (non-hydrogen) atoms. The Balaban J connectivity index is 4.53. The zero-order chi connectivity index (χ0) is 32.1. The predicted octanol–water partition coefficient (Wildman–Crippen LogP) is 6.72. The number of hydrogen-bond donors (Lipinski definition) is 0. The lowest BCUT2D eigenvalue weighted by Gasteiger charge is -2.28. The zero-order valence-corrected chi connectivity index (χ0v) is 27.3. The molecule has 250 valence electrons. The molecule has 0 N–H and O–H groups in total. The molecule has 0 heterocycles. The molecule has 0 aromatic carbocycles. The summed E-state index contributed by atoms with van der Waals surface area (Å²) in [7, 11) is 0.784. The third kappa shape index (κ3) is 25.3. The topological polar surface area (TPSA) is 111 Å². The molecule has 0 saturated heterocycles. The molecule has 2 unspecified atom stereocenters. The molecular weight excluding hydrogens is 578 g/mol. The number of alkyl halides is 3. The second kappa shape index (κ2) is 22.3. The molecule has 0 aliphatic rings. The predicted molar refractivity (Wildman–Crippen MR) is 153 cm³/mol. The Kier molecular flexibility index (Phi) is 21.7. The molecule has 9 nitrogen and oxygen atoms in total. The Morgan fingerprint density at radius 2 is 1.31 bits per heavy atom. The maximum Gasteiger partial charge on any atom is 0.392 e. The van der Waals surface area contributed by atoms with Crippen molar-refractivity contribution in [1.82, 2.24) is 0 Å². The van der Waals surface area contributed by atoms with Crippen molar-refractivity contribution in [2.45, 2.75) is 122 Å². The van der Waals surface area contributed by atoms with Gasteiger partial charge in [0.15, 0.2) is 6.10 Å². The number of carbonyl (C=O) groups excluding carboxylic acids is 2. The van der Waals surface area contributed by atoms with E-state index in [2.05, 4.69) is 6.92 Å². The smallest absolute Gasteiger partial charge is 0.392 e. The number of rotatable bonds is 26. The summed E-state index contributed by atoms with van der Waals surface area (Å²) >= 11 is 0. The minimum atomic E-state index is -4.76. The number of esters is 2. The van der Waals surface area contributed by atoms with Gasteiger partial charge in [-0.15, -0.1) is 0 Å². The first kappa shape index (κ1) is 40.8. The van der Waals surface area contributed by atoms with Crippen molar-refractivity contribution < 1.29 is 55.2 Å². The first-order valence-corrected chi connectivity index (χ1v) is 16.8. The SMILES string of the molecule is CCCCCCCCCCCCCCCC(=O)O[C@H](COC(=O)CC(C)C(F)(F)F)COP(=O)([O-])OCC[N+](C)(C)C. The van der Waals surface area contributed by atoms with E-state index in [1.54, 1.807) is 0 Å². The third-order valence-corrected chi connectivity index (χ3v) is 7.64. The zero-order valence-electron chi connectivity index (χ0n) is 26.4. The van der Waals surface area contributed by atoms with Gasteiger partial charge in [0.2, 0.25) is 0 Å². The molecular formula is C29H55F3NO8P. The number of phosphoric ester groups is 1. The van der Waals surface area contributed by atoms with Crippen molar-refractivity contribution in [3.05, 3.63) is 0 Å². The van der Waals surface area contributed by atoms with Crippen LogP contribution in [0.25, 0.3) is 0 Å². The molecule has 0 spiro atoms. The summed E-state index contributed by atoms with van der Waals surface area (Å²) in [6, 6.07) is 0. The number of nitrogens with zero attached hydrogens (tertiary/aromatic N) is 1. The Labute approximate surface area is 251 Å².